The fraction of sp³-hybridized carbons (Fsp3) is 1.00. The molecule has 0 amide bonds. The Kier molecular flexibility index (Phi) is 5.40. The lowest BCUT2D eigenvalue weighted by molar-refractivity contribution is 0.280. The van der Waals surface area contributed by atoms with Crippen LogP contribution in [0.5, 0.6) is 0 Å². The summed E-state index contributed by atoms with van der Waals surface area (Å²) in [5.41, 5.74) is 0. The van der Waals surface area contributed by atoms with E-state index < -0.39 is 0 Å². The van der Waals surface area contributed by atoms with Crippen molar-refractivity contribution in [2.45, 2.75) is 51.5 Å². The highest BCUT2D eigenvalue weighted by atomic mass is 16.2. The molecule has 2 N–H and O–H groups in total. The molecule has 0 aromatic carbocycles. The molecule has 1 aliphatic carbocycles. The molecule has 2 nitrogen and oxygen atoms in total. The molecule has 1 saturated carbocycles. The number of hydrogen-bond donors (Lipinski definition) is 2. The summed E-state index contributed by atoms with van der Waals surface area (Å²) in [6.07, 6.45) is 7.71. The molecule has 78 valence electrons. The van der Waals surface area contributed by atoms with Gasteiger partial charge in [-0.25, -0.2) is 0 Å². The Morgan fingerprint density at radius 1 is 1.31 bits per heavy atom. The van der Waals surface area contributed by atoms with Gasteiger partial charge < -0.3 is 10.4 Å². The Balaban J connectivity index is 1.99. The van der Waals surface area contributed by atoms with Gasteiger partial charge in [0.15, 0.2) is 0 Å². The number of rotatable bonds is 6. The maximum absolute atomic E-state index is 8.62. The monoisotopic (exact) mass is 185 g/mol. The minimum Gasteiger partial charge on any atom is -0.396 e. The molecule has 1 atom stereocenters. The first-order valence-electron chi connectivity index (χ1n) is 5.69. The van der Waals surface area contributed by atoms with E-state index in [9.17, 15) is 0 Å². The van der Waals surface area contributed by atoms with Gasteiger partial charge in [-0.2, -0.15) is 0 Å². The second-order valence-corrected chi connectivity index (χ2v) is 4.22. The van der Waals surface area contributed by atoms with E-state index >= 15 is 0 Å². The van der Waals surface area contributed by atoms with Crippen LogP contribution in [0.25, 0.3) is 0 Å². The standard InChI is InChI=1S/C11H23NO/c1-10(11-6-2-3-7-11)12-8-4-5-9-13/h10-13H,2-9H2,1H3/t10-/m1/s1. The first-order valence-corrected chi connectivity index (χ1v) is 5.69. The molecule has 0 radical (unpaired) electrons. The molecule has 1 rings (SSSR count). The summed E-state index contributed by atoms with van der Waals surface area (Å²) in [5.74, 6) is 0.911. The summed E-state index contributed by atoms with van der Waals surface area (Å²) in [4.78, 5) is 0. The van der Waals surface area contributed by atoms with E-state index in [0.717, 1.165) is 25.3 Å². The summed E-state index contributed by atoms with van der Waals surface area (Å²) >= 11 is 0. The average Bonchev–Trinajstić information content (AvgIpc) is 2.65. The van der Waals surface area contributed by atoms with Gasteiger partial charge in [-0.1, -0.05) is 12.8 Å². The van der Waals surface area contributed by atoms with Crippen LogP contribution in [-0.4, -0.2) is 24.3 Å². The molecule has 0 unspecified atom stereocenters. The lowest BCUT2D eigenvalue weighted by atomic mass is 10.00. The fourth-order valence-corrected chi connectivity index (χ4v) is 2.19. The molecular formula is C11H23NO. The maximum Gasteiger partial charge on any atom is 0.0431 e. The van der Waals surface area contributed by atoms with Gasteiger partial charge >= 0.3 is 0 Å². The van der Waals surface area contributed by atoms with Gasteiger partial charge in [0.25, 0.3) is 0 Å². The van der Waals surface area contributed by atoms with E-state index in [4.69, 9.17) is 5.11 Å². The predicted octanol–water partition coefficient (Wildman–Crippen LogP) is 1.93. The van der Waals surface area contributed by atoms with Gasteiger partial charge in [-0.3, -0.25) is 0 Å². The van der Waals surface area contributed by atoms with Crippen molar-refractivity contribution >= 4 is 0 Å². The van der Waals surface area contributed by atoms with E-state index in [-0.39, 0.29) is 0 Å². The van der Waals surface area contributed by atoms with Crippen molar-refractivity contribution in [2.75, 3.05) is 13.2 Å². The summed E-state index contributed by atoms with van der Waals surface area (Å²) < 4.78 is 0. The first kappa shape index (κ1) is 11.0. The number of unbranched alkanes of at least 4 members (excludes halogenated alkanes) is 1. The Labute approximate surface area is 81.7 Å². The number of nitrogens with one attached hydrogen (secondary N) is 1. The van der Waals surface area contributed by atoms with E-state index in [2.05, 4.69) is 12.2 Å². The quantitative estimate of drug-likeness (QED) is 0.620. The molecule has 1 fully saturated rings. The van der Waals surface area contributed by atoms with Crippen LogP contribution in [0.4, 0.5) is 0 Å². The Morgan fingerprint density at radius 3 is 2.62 bits per heavy atom. The summed E-state index contributed by atoms with van der Waals surface area (Å²) in [7, 11) is 0. The zero-order valence-corrected chi connectivity index (χ0v) is 8.76. The molecule has 0 aromatic heterocycles. The third-order valence-electron chi connectivity index (χ3n) is 3.16. The van der Waals surface area contributed by atoms with Crippen LogP contribution in [-0.2, 0) is 0 Å². The van der Waals surface area contributed by atoms with E-state index in [1.165, 1.54) is 25.7 Å². The molecule has 0 bridgehead atoms. The molecule has 0 aliphatic heterocycles. The van der Waals surface area contributed by atoms with Crippen LogP contribution in [0.1, 0.15) is 45.4 Å². The summed E-state index contributed by atoms with van der Waals surface area (Å²) in [5, 5.41) is 12.2. The van der Waals surface area contributed by atoms with Gasteiger partial charge in [-0.05, 0) is 45.1 Å². The van der Waals surface area contributed by atoms with E-state index in [1.54, 1.807) is 0 Å². The van der Waals surface area contributed by atoms with Crippen molar-refractivity contribution in [2.24, 2.45) is 5.92 Å². The van der Waals surface area contributed by atoms with Crippen LogP contribution in [0.15, 0.2) is 0 Å². The Morgan fingerprint density at radius 2 is 2.00 bits per heavy atom. The van der Waals surface area contributed by atoms with Crippen molar-refractivity contribution < 1.29 is 5.11 Å². The highest BCUT2D eigenvalue weighted by molar-refractivity contribution is 4.76. The largest absolute Gasteiger partial charge is 0.396 e. The SMILES string of the molecule is C[C@@H](NCCCCO)C1CCCC1. The molecule has 0 saturated heterocycles. The van der Waals surface area contributed by atoms with Crippen LogP contribution < -0.4 is 5.32 Å². The maximum atomic E-state index is 8.62. The topological polar surface area (TPSA) is 32.3 Å². The molecule has 0 aromatic rings. The van der Waals surface area contributed by atoms with Crippen LogP contribution in [0, 0.1) is 5.92 Å². The third kappa shape index (κ3) is 4.10. The number of aliphatic hydroxyl groups excluding tert-OH is 1. The summed E-state index contributed by atoms with van der Waals surface area (Å²) in [6.45, 7) is 3.70. The molecule has 0 spiro atoms. The van der Waals surface area contributed by atoms with E-state index in [1.807, 2.05) is 0 Å². The van der Waals surface area contributed by atoms with Crippen molar-refractivity contribution in [1.29, 1.82) is 0 Å². The lowest BCUT2D eigenvalue weighted by Crippen LogP contribution is -2.32. The third-order valence-corrected chi connectivity index (χ3v) is 3.16. The van der Waals surface area contributed by atoms with Crippen LogP contribution >= 0.6 is 0 Å². The average molecular weight is 185 g/mol. The second-order valence-electron chi connectivity index (χ2n) is 4.22. The molecule has 13 heavy (non-hydrogen) atoms. The van der Waals surface area contributed by atoms with Gasteiger partial charge in [-0.15, -0.1) is 0 Å². The Bertz CT molecular complexity index is 121. The highest BCUT2D eigenvalue weighted by Gasteiger charge is 2.20. The van der Waals surface area contributed by atoms with Gasteiger partial charge in [0, 0.05) is 12.6 Å². The number of aliphatic hydroxyl groups is 1. The zero-order valence-electron chi connectivity index (χ0n) is 8.76. The fourth-order valence-electron chi connectivity index (χ4n) is 2.19. The second kappa shape index (κ2) is 6.39. The van der Waals surface area contributed by atoms with Crippen molar-refractivity contribution in [3.05, 3.63) is 0 Å². The van der Waals surface area contributed by atoms with Crippen LogP contribution in [0.2, 0.25) is 0 Å². The van der Waals surface area contributed by atoms with E-state index in [0.29, 0.717) is 12.6 Å². The van der Waals surface area contributed by atoms with Gasteiger partial charge in [0.05, 0.1) is 0 Å². The molecule has 0 heterocycles. The van der Waals surface area contributed by atoms with Crippen molar-refractivity contribution in [3.8, 4) is 0 Å². The smallest absolute Gasteiger partial charge is 0.0431 e. The normalized spacial score (nSPS) is 20.8. The first-order chi connectivity index (χ1) is 6.34. The molecule has 2 heteroatoms. The van der Waals surface area contributed by atoms with Crippen molar-refractivity contribution in [3.63, 3.8) is 0 Å². The minimum absolute atomic E-state index is 0.333. The van der Waals surface area contributed by atoms with Crippen LogP contribution in [0.3, 0.4) is 0 Å². The highest BCUT2D eigenvalue weighted by Crippen LogP contribution is 2.27. The zero-order chi connectivity index (χ0) is 9.52. The predicted molar refractivity (Wildman–Crippen MR) is 55.7 cm³/mol. The summed E-state index contributed by atoms with van der Waals surface area (Å²) in [6, 6.07) is 0.682. The molecular weight excluding hydrogens is 162 g/mol. The van der Waals surface area contributed by atoms with Crippen molar-refractivity contribution in [1.82, 2.24) is 5.32 Å². The minimum atomic E-state index is 0.333. The number of hydrogen-bond acceptors (Lipinski definition) is 2. The van der Waals surface area contributed by atoms with Gasteiger partial charge in [0.2, 0.25) is 0 Å². The lowest BCUT2D eigenvalue weighted by Gasteiger charge is -2.20. The molecule has 1 aliphatic rings. The van der Waals surface area contributed by atoms with Gasteiger partial charge in [0.1, 0.15) is 0 Å². The Hall–Kier alpha value is -0.0800.